The third-order valence-corrected chi connectivity index (χ3v) is 3.11. The van der Waals surface area contributed by atoms with E-state index >= 15 is 0 Å². The highest BCUT2D eigenvalue weighted by molar-refractivity contribution is 5.56. The molecule has 1 heterocycles. The molecule has 0 bridgehead atoms. The van der Waals surface area contributed by atoms with Gasteiger partial charge in [-0.05, 0) is 30.2 Å². The number of benzene rings is 2. The molecule has 2 N–H and O–H groups in total. The Balaban J connectivity index is 1.60. The molecule has 0 radical (unpaired) electrons. The summed E-state index contributed by atoms with van der Waals surface area (Å²) in [6, 6.07) is 15.5. The summed E-state index contributed by atoms with van der Waals surface area (Å²) in [5, 5.41) is 12.8. The summed E-state index contributed by atoms with van der Waals surface area (Å²) in [6.45, 7) is 0.595. The molecule has 18 heavy (non-hydrogen) atoms. The minimum Gasteiger partial charge on any atom is -0.508 e. The maximum absolute atomic E-state index is 9.35. The molecular weight excluding hydrogens is 226 g/mol. The SMILES string of the molecule is Oc1cccc(OCC2Cc3ccccc3N2)c1. The summed E-state index contributed by atoms with van der Waals surface area (Å²) in [5.74, 6) is 0.933. The number of aromatic hydroxyl groups is 1. The lowest BCUT2D eigenvalue weighted by atomic mass is 10.1. The van der Waals surface area contributed by atoms with E-state index in [2.05, 4.69) is 23.5 Å². The maximum Gasteiger partial charge on any atom is 0.123 e. The van der Waals surface area contributed by atoms with E-state index in [0.717, 1.165) is 6.42 Å². The van der Waals surface area contributed by atoms with E-state index in [1.807, 2.05) is 12.1 Å². The summed E-state index contributed by atoms with van der Waals surface area (Å²) in [4.78, 5) is 0. The highest BCUT2D eigenvalue weighted by Gasteiger charge is 2.20. The van der Waals surface area contributed by atoms with Crippen molar-refractivity contribution in [3.63, 3.8) is 0 Å². The lowest BCUT2D eigenvalue weighted by Gasteiger charge is -2.13. The van der Waals surface area contributed by atoms with Gasteiger partial charge < -0.3 is 15.2 Å². The van der Waals surface area contributed by atoms with E-state index in [1.54, 1.807) is 18.2 Å². The van der Waals surface area contributed by atoms with Gasteiger partial charge in [0.05, 0.1) is 6.04 Å². The minimum absolute atomic E-state index is 0.232. The van der Waals surface area contributed by atoms with E-state index in [9.17, 15) is 5.11 Å². The van der Waals surface area contributed by atoms with Gasteiger partial charge in [-0.1, -0.05) is 24.3 Å². The zero-order valence-corrected chi connectivity index (χ0v) is 9.97. The van der Waals surface area contributed by atoms with Crippen LogP contribution in [-0.4, -0.2) is 17.8 Å². The van der Waals surface area contributed by atoms with Gasteiger partial charge in [-0.2, -0.15) is 0 Å². The highest BCUT2D eigenvalue weighted by Crippen LogP contribution is 2.26. The number of anilines is 1. The fraction of sp³-hybridized carbons (Fsp3) is 0.200. The second-order valence-electron chi connectivity index (χ2n) is 4.51. The smallest absolute Gasteiger partial charge is 0.123 e. The number of ether oxygens (including phenoxy) is 1. The van der Waals surface area contributed by atoms with Crippen molar-refractivity contribution in [3.05, 3.63) is 54.1 Å². The van der Waals surface area contributed by atoms with Crippen molar-refractivity contribution in [3.8, 4) is 11.5 Å². The van der Waals surface area contributed by atoms with E-state index in [4.69, 9.17) is 4.74 Å². The molecule has 3 rings (SSSR count). The number of hydrogen-bond acceptors (Lipinski definition) is 3. The van der Waals surface area contributed by atoms with E-state index in [-0.39, 0.29) is 5.75 Å². The van der Waals surface area contributed by atoms with Gasteiger partial charge in [-0.15, -0.1) is 0 Å². The van der Waals surface area contributed by atoms with Gasteiger partial charge in [0.2, 0.25) is 0 Å². The normalized spacial score (nSPS) is 17.0. The first kappa shape index (κ1) is 11.0. The molecule has 0 aromatic heterocycles. The molecule has 1 aliphatic heterocycles. The Labute approximate surface area is 106 Å². The Kier molecular flexibility index (Phi) is 2.81. The molecular formula is C15H15NO2. The van der Waals surface area contributed by atoms with E-state index in [1.165, 1.54) is 11.3 Å². The molecule has 0 amide bonds. The van der Waals surface area contributed by atoms with Crippen LogP contribution in [0.2, 0.25) is 0 Å². The summed E-state index contributed by atoms with van der Waals surface area (Å²) in [7, 11) is 0. The van der Waals surface area contributed by atoms with Gasteiger partial charge in [0.15, 0.2) is 0 Å². The number of rotatable bonds is 3. The zero-order valence-electron chi connectivity index (χ0n) is 9.97. The molecule has 0 fully saturated rings. The fourth-order valence-electron chi connectivity index (χ4n) is 2.25. The second kappa shape index (κ2) is 4.61. The summed E-state index contributed by atoms with van der Waals surface area (Å²) in [5.41, 5.74) is 2.53. The van der Waals surface area contributed by atoms with Crippen LogP contribution in [0.4, 0.5) is 5.69 Å². The lowest BCUT2D eigenvalue weighted by Crippen LogP contribution is -2.24. The van der Waals surface area contributed by atoms with Crippen molar-refractivity contribution < 1.29 is 9.84 Å². The van der Waals surface area contributed by atoms with Crippen LogP contribution in [0.25, 0.3) is 0 Å². The molecule has 2 aromatic carbocycles. The first-order valence-corrected chi connectivity index (χ1v) is 6.07. The van der Waals surface area contributed by atoms with Gasteiger partial charge in [0, 0.05) is 11.8 Å². The molecule has 0 saturated carbocycles. The predicted octanol–water partition coefficient (Wildman–Crippen LogP) is 2.81. The van der Waals surface area contributed by atoms with Crippen LogP contribution in [0, 0.1) is 0 Å². The predicted molar refractivity (Wildman–Crippen MR) is 71.2 cm³/mol. The van der Waals surface area contributed by atoms with Crippen LogP contribution in [0.15, 0.2) is 48.5 Å². The van der Waals surface area contributed by atoms with Crippen LogP contribution >= 0.6 is 0 Å². The van der Waals surface area contributed by atoms with Crippen molar-refractivity contribution in [2.75, 3.05) is 11.9 Å². The van der Waals surface area contributed by atoms with Crippen molar-refractivity contribution in [1.82, 2.24) is 0 Å². The molecule has 1 aliphatic rings. The standard InChI is InChI=1S/C15H15NO2/c17-13-5-3-6-14(9-13)18-10-12-8-11-4-1-2-7-15(11)16-12/h1-7,9,12,16-17H,8,10H2. The van der Waals surface area contributed by atoms with Gasteiger partial charge >= 0.3 is 0 Å². The first-order chi connectivity index (χ1) is 8.81. The Bertz CT molecular complexity index is 529. The van der Waals surface area contributed by atoms with E-state index in [0.29, 0.717) is 18.4 Å². The number of phenolic OH excluding ortho intramolecular Hbond substituents is 1. The summed E-state index contributed by atoms with van der Waals surface area (Å²) < 4.78 is 5.68. The van der Waals surface area contributed by atoms with Crippen molar-refractivity contribution >= 4 is 5.69 Å². The third kappa shape index (κ3) is 2.25. The largest absolute Gasteiger partial charge is 0.508 e. The molecule has 3 heteroatoms. The Hall–Kier alpha value is -2.16. The Morgan fingerprint density at radius 1 is 1.17 bits per heavy atom. The first-order valence-electron chi connectivity index (χ1n) is 6.07. The number of nitrogens with one attached hydrogen (secondary N) is 1. The van der Waals surface area contributed by atoms with Gasteiger partial charge in [0.25, 0.3) is 0 Å². The van der Waals surface area contributed by atoms with Gasteiger partial charge in [-0.3, -0.25) is 0 Å². The second-order valence-corrected chi connectivity index (χ2v) is 4.51. The number of hydrogen-bond donors (Lipinski definition) is 2. The van der Waals surface area contributed by atoms with Gasteiger partial charge in [0.1, 0.15) is 18.1 Å². The monoisotopic (exact) mass is 241 g/mol. The zero-order chi connectivity index (χ0) is 12.4. The molecule has 0 saturated heterocycles. The van der Waals surface area contributed by atoms with Crippen molar-refractivity contribution in [1.29, 1.82) is 0 Å². The number of phenols is 1. The number of para-hydroxylation sites is 1. The van der Waals surface area contributed by atoms with Gasteiger partial charge in [-0.25, -0.2) is 0 Å². The number of fused-ring (bicyclic) bond motifs is 1. The summed E-state index contributed by atoms with van der Waals surface area (Å²) >= 11 is 0. The van der Waals surface area contributed by atoms with Crippen LogP contribution < -0.4 is 10.1 Å². The molecule has 1 unspecified atom stereocenters. The van der Waals surface area contributed by atoms with Crippen molar-refractivity contribution in [2.45, 2.75) is 12.5 Å². The molecule has 0 aliphatic carbocycles. The average Bonchev–Trinajstić information content (AvgIpc) is 2.79. The average molecular weight is 241 g/mol. The van der Waals surface area contributed by atoms with Crippen molar-refractivity contribution in [2.24, 2.45) is 0 Å². The van der Waals surface area contributed by atoms with E-state index < -0.39 is 0 Å². The lowest BCUT2D eigenvalue weighted by molar-refractivity contribution is 0.298. The molecule has 3 nitrogen and oxygen atoms in total. The van der Waals surface area contributed by atoms with Crippen LogP contribution in [0.3, 0.4) is 0 Å². The topological polar surface area (TPSA) is 41.5 Å². The Morgan fingerprint density at radius 3 is 2.89 bits per heavy atom. The molecule has 2 aromatic rings. The fourth-order valence-corrected chi connectivity index (χ4v) is 2.25. The highest BCUT2D eigenvalue weighted by atomic mass is 16.5. The molecule has 1 atom stereocenters. The van der Waals surface area contributed by atoms with Crippen LogP contribution in [-0.2, 0) is 6.42 Å². The maximum atomic E-state index is 9.35. The molecule has 0 spiro atoms. The quantitative estimate of drug-likeness (QED) is 0.868. The van der Waals surface area contributed by atoms with Crippen LogP contribution in [0.1, 0.15) is 5.56 Å². The Morgan fingerprint density at radius 2 is 2.06 bits per heavy atom. The minimum atomic E-state index is 0.232. The summed E-state index contributed by atoms with van der Waals surface area (Å²) in [6.07, 6.45) is 0.981. The molecule has 92 valence electrons. The third-order valence-electron chi connectivity index (χ3n) is 3.11. The van der Waals surface area contributed by atoms with Crippen LogP contribution in [0.5, 0.6) is 11.5 Å².